The highest BCUT2D eigenvalue weighted by Crippen LogP contribution is 2.18. The van der Waals surface area contributed by atoms with Crippen molar-refractivity contribution >= 4 is 30.0 Å². The Labute approximate surface area is 169 Å². The minimum Gasteiger partial charge on any atom is -0.322 e. The number of nitrogens with zero attached hydrogens (tertiary/aromatic N) is 5. The first-order valence-electron chi connectivity index (χ1n) is 9.11. The highest BCUT2D eigenvalue weighted by atomic mass is 32.2. The Balaban J connectivity index is 3.12. The van der Waals surface area contributed by atoms with Crippen LogP contribution in [0.3, 0.4) is 0 Å². The molecule has 0 aromatic carbocycles. The topological polar surface area (TPSA) is 43.6 Å². The summed E-state index contributed by atoms with van der Waals surface area (Å²) < 4.78 is 4.50. The molecule has 0 aromatic heterocycles. The zero-order valence-corrected chi connectivity index (χ0v) is 18.8. The average molecular weight is 388 g/mol. The molecule has 0 bridgehead atoms. The Morgan fingerprint density at radius 3 is 2.63 bits per heavy atom. The van der Waals surface area contributed by atoms with Crippen molar-refractivity contribution in [2.45, 2.75) is 47.1 Å². The molecule has 1 aliphatic rings. The zero-order valence-electron chi connectivity index (χ0n) is 17.9. The molecule has 1 unspecified atom stereocenters. The predicted molar refractivity (Wildman–Crippen MR) is 123 cm³/mol. The van der Waals surface area contributed by atoms with Crippen LogP contribution in [0.2, 0.25) is 0 Å². The molecule has 1 heterocycles. The van der Waals surface area contributed by atoms with Gasteiger partial charge in [-0.1, -0.05) is 31.2 Å². The van der Waals surface area contributed by atoms with Gasteiger partial charge in [0.25, 0.3) is 0 Å². The third kappa shape index (κ3) is 6.54. The molecule has 0 saturated heterocycles. The van der Waals surface area contributed by atoms with Gasteiger partial charge in [-0.2, -0.15) is 4.40 Å². The van der Waals surface area contributed by atoms with Crippen LogP contribution in [-0.4, -0.2) is 54.2 Å². The molecule has 0 amide bonds. The molecule has 27 heavy (non-hydrogen) atoms. The molecule has 0 spiro atoms. The summed E-state index contributed by atoms with van der Waals surface area (Å²) in [5.41, 5.74) is 3.29. The van der Waals surface area contributed by atoms with Gasteiger partial charge in [0.05, 0.1) is 12.4 Å². The summed E-state index contributed by atoms with van der Waals surface area (Å²) in [6.45, 7) is 14.1. The van der Waals surface area contributed by atoms with Gasteiger partial charge in [-0.3, -0.25) is 4.99 Å². The lowest BCUT2D eigenvalue weighted by Crippen LogP contribution is -2.37. The van der Waals surface area contributed by atoms with Crippen LogP contribution in [0.15, 0.2) is 61.7 Å². The molecular formula is C21H33N5S. The van der Waals surface area contributed by atoms with Gasteiger partial charge in [0.2, 0.25) is 0 Å². The Hall–Kier alpha value is -2.08. The normalized spacial score (nSPS) is 19.7. The molecular weight excluding hydrogens is 354 g/mol. The van der Waals surface area contributed by atoms with Gasteiger partial charge in [-0.15, -0.1) is 0 Å². The molecule has 0 N–H and O–H groups in total. The van der Waals surface area contributed by atoms with Crippen LogP contribution >= 0.6 is 11.9 Å². The molecule has 1 atom stereocenters. The molecule has 0 fully saturated rings. The van der Waals surface area contributed by atoms with Crippen molar-refractivity contribution < 1.29 is 0 Å². The van der Waals surface area contributed by atoms with Crippen LogP contribution in [0.4, 0.5) is 0 Å². The van der Waals surface area contributed by atoms with Crippen LogP contribution in [0.1, 0.15) is 41.0 Å². The second-order valence-corrected chi connectivity index (χ2v) is 7.14. The first-order chi connectivity index (χ1) is 12.7. The summed E-state index contributed by atoms with van der Waals surface area (Å²) in [6, 6.07) is 0.210. The fourth-order valence-corrected chi connectivity index (χ4v) is 2.89. The molecule has 1 aliphatic heterocycles. The smallest absolute Gasteiger partial charge is 0.164 e. The van der Waals surface area contributed by atoms with Crippen molar-refractivity contribution in [1.82, 2.24) is 9.80 Å². The summed E-state index contributed by atoms with van der Waals surface area (Å²) in [5, 5.41) is 0. The van der Waals surface area contributed by atoms with Gasteiger partial charge >= 0.3 is 0 Å². The van der Waals surface area contributed by atoms with E-state index in [0.717, 1.165) is 40.6 Å². The maximum absolute atomic E-state index is 4.67. The van der Waals surface area contributed by atoms with E-state index in [-0.39, 0.29) is 6.04 Å². The summed E-state index contributed by atoms with van der Waals surface area (Å²) in [7, 11) is 4.03. The molecule has 148 valence electrons. The summed E-state index contributed by atoms with van der Waals surface area (Å²) in [6.07, 6.45) is 10.9. The van der Waals surface area contributed by atoms with Crippen molar-refractivity contribution in [1.29, 1.82) is 0 Å². The lowest BCUT2D eigenvalue weighted by atomic mass is 10.1. The van der Waals surface area contributed by atoms with E-state index in [0.29, 0.717) is 0 Å². The molecule has 1 rings (SSSR count). The molecule has 5 nitrogen and oxygen atoms in total. The number of hydrogen-bond acceptors (Lipinski definition) is 4. The molecule has 6 heteroatoms. The summed E-state index contributed by atoms with van der Waals surface area (Å²) >= 11 is 1.41. The van der Waals surface area contributed by atoms with Crippen molar-refractivity contribution in [3.63, 3.8) is 0 Å². The van der Waals surface area contributed by atoms with E-state index < -0.39 is 0 Å². The van der Waals surface area contributed by atoms with Crippen LogP contribution in [0, 0.1) is 0 Å². The van der Waals surface area contributed by atoms with Crippen LogP contribution < -0.4 is 0 Å². The van der Waals surface area contributed by atoms with Gasteiger partial charge in [0.1, 0.15) is 11.7 Å². The van der Waals surface area contributed by atoms with Crippen LogP contribution in [-0.2, 0) is 0 Å². The van der Waals surface area contributed by atoms with Gasteiger partial charge in [-0.05, 0) is 63.3 Å². The molecule has 0 radical (unpaired) electrons. The maximum atomic E-state index is 4.67. The Morgan fingerprint density at radius 1 is 1.41 bits per heavy atom. The van der Waals surface area contributed by atoms with Gasteiger partial charge in [0.15, 0.2) is 5.84 Å². The number of amidine groups is 2. The van der Waals surface area contributed by atoms with Crippen LogP contribution in [0.25, 0.3) is 0 Å². The fourth-order valence-electron chi connectivity index (χ4n) is 2.54. The third-order valence-corrected chi connectivity index (χ3v) is 4.88. The van der Waals surface area contributed by atoms with Crippen molar-refractivity contribution in [3.05, 3.63) is 47.3 Å². The first-order valence-corrected chi connectivity index (χ1v) is 10.3. The highest BCUT2D eigenvalue weighted by molar-refractivity contribution is 7.97. The quantitative estimate of drug-likeness (QED) is 0.265. The molecule has 0 saturated carbocycles. The second-order valence-electron chi connectivity index (χ2n) is 6.59. The van der Waals surface area contributed by atoms with Crippen molar-refractivity contribution in [2.75, 3.05) is 20.4 Å². The van der Waals surface area contributed by atoms with E-state index in [2.05, 4.69) is 51.9 Å². The number of aliphatic imine (C=N–C) groups is 2. The van der Waals surface area contributed by atoms with E-state index in [4.69, 9.17) is 0 Å². The van der Waals surface area contributed by atoms with Gasteiger partial charge < -0.3 is 9.80 Å². The van der Waals surface area contributed by atoms with Gasteiger partial charge in [-0.25, -0.2) is 4.99 Å². The molecule has 0 aromatic rings. The van der Waals surface area contributed by atoms with E-state index in [1.807, 2.05) is 58.4 Å². The van der Waals surface area contributed by atoms with Crippen molar-refractivity contribution in [2.24, 2.45) is 14.4 Å². The monoisotopic (exact) mass is 387 g/mol. The second kappa shape index (κ2) is 10.9. The zero-order chi connectivity index (χ0) is 20.6. The lowest BCUT2D eigenvalue weighted by Gasteiger charge is -2.32. The first kappa shape index (κ1) is 23.0. The van der Waals surface area contributed by atoms with Crippen molar-refractivity contribution in [3.8, 4) is 0 Å². The Bertz CT molecular complexity index is 725. The lowest BCUT2D eigenvalue weighted by molar-refractivity contribution is 0.435. The fraction of sp³-hybridized carbons (Fsp3) is 0.476. The standard InChI is InChI=1S/C21H33N5S/c1-10-15(3)12-16(4)17(5)21(24-27-9)22-14-25(7)20-13-19(11-2)23-18(6)26(20)8/h10,12-14,19H,1,11H2,2-9H3/b15-12-,17-16+,22-14+,24-21-. The van der Waals surface area contributed by atoms with Crippen LogP contribution in [0.5, 0.6) is 0 Å². The minimum absolute atomic E-state index is 0.210. The van der Waals surface area contributed by atoms with E-state index >= 15 is 0 Å². The number of hydrogen-bond donors (Lipinski definition) is 0. The predicted octanol–water partition coefficient (Wildman–Crippen LogP) is 5.08. The van der Waals surface area contributed by atoms with E-state index in [1.165, 1.54) is 11.9 Å². The van der Waals surface area contributed by atoms with E-state index in [9.17, 15) is 0 Å². The SMILES string of the molecule is C=C\C(C)=C/C(C)=C(C)/C(=N/SC)/N=C/N(C)C1=CC(CC)N=C(C)N1C. The number of allylic oxidation sites excluding steroid dienone is 4. The Kier molecular flexibility index (Phi) is 9.29. The Morgan fingerprint density at radius 2 is 2.07 bits per heavy atom. The average Bonchev–Trinajstić information content (AvgIpc) is 2.65. The minimum atomic E-state index is 0.210. The largest absolute Gasteiger partial charge is 0.322 e. The number of rotatable bonds is 7. The summed E-state index contributed by atoms with van der Waals surface area (Å²) in [5.74, 6) is 2.80. The third-order valence-electron chi connectivity index (χ3n) is 4.53. The summed E-state index contributed by atoms with van der Waals surface area (Å²) in [4.78, 5) is 13.4. The van der Waals surface area contributed by atoms with Gasteiger partial charge in [0, 0.05) is 20.4 Å². The van der Waals surface area contributed by atoms with E-state index in [1.54, 1.807) is 0 Å². The highest BCUT2D eigenvalue weighted by Gasteiger charge is 2.19. The maximum Gasteiger partial charge on any atom is 0.164 e. The molecule has 0 aliphatic carbocycles.